The van der Waals surface area contributed by atoms with Crippen LogP contribution in [0.25, 0.3) is 0 Å². The van der Waals surface area contributed by atoms with Gasteiger partial charge < -0.3 is 5.73 Å². The molecule has 1 atom stereocenters. The third-order valence-corrected chi connectivity index (χ3v) is 2.51. The molecule has 2 N–H and O–H groups in total. The van der Waals surface area contributed by atoms with Gasteiger partial charge in [-0.25, -0.2) is 0 Å². The van der Waals surface area contributed by atoms with E-state index in [0.717, 1.165) is 17.7 Å². The highest BCUT2D eigenvalue weighted by Crippen LogP contribution is 2.19. The van der Waals surface area contributed by atoms with Crippen LogP contribution in [0, 0.1) is 19.8 Å². The van der Waals surface area contributed by atoms with Crippen molar-refractivity contribution < 1.29 is 0 Å². The van der Waals surface area contributed by atoms with Crippen molar-refractivity contribution in [2.45, 2.75) is 40.2 Å². The third kappa shape index (κ3) is 2.81. The normalized spacial score (nSPS) is 13.3. The lowest BCUT2D eigenvalue weighted by Crippen LogP contribution is -2.13. The standard InChI is InChI=1S/C12H20N2/c1-8(2)5-12(13)11-6-9(3)10(4)14-7-11/h6-8,12H,5,13H2,1-4H3. The molecular weight excluding hydrogens is 172 g/mol. The molecule has 0 amide bonds. The van der Waals surface area contributed by atoms with Gasteiger partial charge in [0.2, 0.25) is 0 Å². The molecule has 0 spiro atoms. The lowest BCUT2D eigenvalue weighted by molar-refractivity contribution is 0.509. The van der Waals surface area contributed by atoms with Gasteiger partial charge in [0.1, 0.15) is 0 Å². The van der Waals surface area contributed by atoms with Gasteiger partial charge in [-0.15, -0.1) is 0 Å². The Kier molecular flexibility index (Phi) is 3.64. The molecule has 1 aromatic rings. The van der Waals surface area contributed by atoms with E-state index >= 15 is 0 Å². The van der Waals surface area contributed by atoms with Crippen molar-refractivity contribution in [3.05, 3.63) is 29.1 Å². The predicted molar refractivity (Wildman–Crippen MR) is 60.1 cm³/mol. The van der Waals surface area contributed by atoms with Crippen LogP contribution in [0.2, 0.25) is 0 Å². The fourth-order valence-electron chi connectivity index (χ4n) is 1.51. The van der Waals surface area contributed by atoms with Crippen molar-refractivity contribution in [2.24, 2.45) is 11.7 Å². The second-order valence-corrected chi connectivity index (χ2v) is 4.41. The van der Waals surface area contributed by atoms with E-state index < -0.39 is 0 Å². The van der Waals surface area contributed by atoms with Gasteiger partial charge in [-0.3, -0.25) is 4.98 Å². The van der Waals surface area contributed by atoms with Crippen molar-refractivity contribution >= 4 is 0 Å². The van der Waals surface area contributed by atoms with Crippen LogP contribution in [0.3, 0.4) is 0 Å². The maximum absolute atomic E-state index is 6.07. The average Bonchev–Trinajstić information content (AvgIpc) is 2.08. The number of rotatable bonds is 3. The first kappa shape index (κ1) is 11.2. The molecule has 14 heavy (non-hydrogen) atoms. The summed E-state index contributed by atoms with van der Waals surface area (Å²) < 4.78 is 0. The Labute approximate surface area is 86.5 Å². The zero-order valence-electron chi connectivity index (χ0n) is 9.54. The van der Waals surface area contributed by atoms with Crippen LogP contribution in [-0.4, -0.2) is 4.98 Å². The summed E-state index contributed by atoms with van der Waals surface area (Å²) in [5, 5.41) is 0. The van der Waals surface area contributed by atoms with Crippen molar-refractivity contribution in [1.82, 2.24) is 4.98 Å². The fraction of sp³-hybridized carbons (Fsp3) is 0.583. The lowest BCUT2D eigenvalue weighted by atomic mass is 9.98. The molecule has 2 nitrogen and oxygen atoms in total. The maximum Gasteiger partial charge on any atom is 0.0402 e. The number of aryl methyl sites for hydroxylation is 2. The van der Waals surface area contributed by atoms with Gasteiger partial charge in [0, 0.05) is 17.9 Å². The molecule has 0 aliphatic heterocycles. The van der Waals surface area contributed by atoms with E-state index in [2.05, 4.69) is 31.8 Å². The number of hydrogen-bond acceptors (Lipinski definition) is 2. The van der Waals surface area contributed by atoms with E-state index in [9.17, 15) is 0 Å². The van der Waals surface area contributed by atoms with Gasteiger partial charge >= 0.3 is 0 Å². The number of nitrogens with zero attached hydrogens (tertiary/aromatic N) is 1. The topological polar surface area (TPSA) is 38.9 Å². The first-order valence-corrected chi connectivity index (χ1v) is 5.19. The Hall–Kier alpha value is -0.890. The van der Waals surface area contributed by atoms with Crippen LogP contribution in [-0.2, 0) is 0 Å². The molecule has 78 valence electrons. The quantitative estimate of drug-likeness (QED) is 0.799. The van der Waals surface area contributed by atoms with Crippen LogP contribution in [0.4, 0.5) is 0 Å². The second-order valence-electron chi connectivity index (χ2n) is 4.41. The number of aromatic nitrogens is 1. The van der Waals surface area contributed by atoms with E-state index in [-0.39, 0.29) is 6.04 Å². The zero-order chi connectivity index (χ0) is 10.7. The first-order valence-electron chi connectivity index (χ1n) is 5.19. The highest BCUT2D eigenvalue weighted by molar-refractivity contribution is 5.25. The van der Waals surface area contributed by atoms with Crippen molar-refractivity contribution in [3.63, 3.8) is 0 Å². The van der Waals surface area contributed by atoms with Gasteiger partial charge in [-0.05, 0) is 37.3 Å². The van der Waals surface area contributed by atoms with Gasteiger partial charge in [-0.2, -0.15) is 0 Å². The van der Waals surface area contributed by atoms with Crippen LogP contribution in [0.5, 0.6) is 0 Å². The van der Waals surface area contributed by atoms with E-state index in [1.807, 2.05) is 13.1 Å². The molecular formula is C12H20N2. The smallest absolute Gasteiger partial charge is 0.0402 e. The number of pyridine rings is 1. The monoisotopic (exact) mass is 192 g/mol. The van der Waals surface area contributed by atoms with Crippen LogP contribution >= 0.6 is 0 Å². The molecule has 0 aliphatic carbocycles. The molecule has 0 aromatic carbocycles. The predicted octanol–water partition coefficient (Wildman–Crippen LogP) is 2.74. The molecule has 0 saturated heterocycles. The molecule has 0 bridgehead atoms. The Morgan fingerprint density at radius 3 is 2.50 bits per heavy atom. The summed E-state index contributed by atoms with van der Waals surface area (Å²) in [6.07, 6.45) is 2.92. The highest BCUT2D eigenvalue weighted by atomic mass is 14.7. The third-order valence-electron chi connectivity index (χ3n) is 2.51. The summed E-state index contributed by atoms with van der Waals surface area (Å²) in [5.41, 5.74) is 9.54. The summed E-state index contributed by atoms with van der Waals surface area (Å²) in [7, 11) is 0. The van der Waals surface area contributed by atoms with Crippen molar-refractivity contribution in [2.75, 3.05) is 0 Å². The zero-order valence-corrected chi connectivity index (χ0v) is 9.54. The second kappa shape index (κ2) is 4.56. The molecule has 1 aromatic heterocycles. The minimum absolute atomic E-state index is 0.127. The fourth-order valence-corrected chi connectivity index (χ4v) is 1.51. The molecule has 1 rings (SSSR count). The Morgan fingerprint density at radius 2 is 2.00 bits per heavy atom. The van der Waals surface area contributed by atoms with Gasteiger partial charge in [0.15, 0.2) is 0 Å². The number of nitrogens with two attached hydrogens (primary N) is 1. The molecule has 0 saturated carbocycles. The van der Waals surface area contributed by atoms with Gasteiger partial charge in [0.25, 0.3) is 0 Å². The summed E-state index contributed by atoms with van der Waals surface area (Å²) in [5.74, 6) is 0.631. The number of hydrogen-bond donors (Lipinski definition) is 1. The largest absolute Gasteiger partial charge is 0.324 e. The Bertz CT molecular complexity index is 305. The summed E-state index contributed by atoms with van der Waals surface area (Å²) >= 11 is 0. The van der Waals surface area contributed by atoms with E-state index in [0.29, 0.717) is 5.92 Å². The SMILES string of the molecule is Cc1cc(C(N)CC(C)C)cnc1C. The Morgan fingerprint density at radius 1 is 1.36 bits per heavy atom. The highest BCUT2D eigenvalue weighted by Gasteiger charge is 2.09. The molecule has 2 heteroatoms. The molecule has 1 unspecified atom stereocenters. The van der Waals surface area contributed by atoms with Crippen LogP contribution in [0.15, 0.2) is 12.3 Å². The van der Waals surface area contributed by atoms with E-state index in [1.165, 1.54) is 5.56 Å². The van der Waals surface area contributed by atoms with Crippen molar-refractivity contribution in [1.29, 1.82) is 0 Å². The van der Waals surface area contributed by atoms with Gasteiger partial charge in [-0.1, -0.05) is 19.9 Å². The van der Waals surface area contributed by atoms with Crippen LogP contribution in [0.1, 0.15) is 43.1 Å². The van der Waals surface area contributed by atoms with Crippen LogP contribution < -0.4 is 5.73 Å². The molecule has 0 fully saturated rings. The van der Waals surface area contributed by atoms with Crippen molar-refractivity contribution in [3.8, 4) is 0 Å². The maximum atomic E-state index is 6.07. The average molecular weight is 192 g/mol. The minimum atomic E-state index is 0.127. The summed E-state index contributed by atoms with van der Waals surface area (Å²) in [4.78, 5) is 4.33. The van der Waals surface area contributed by atoms with Gasteiger partial charge in [0.05, 0.1) is 0 Å². The van der Waals surface area contributed by atoms with E-state index in [1.54, 1.807) is 0 Å². The first-order chi connectivity index (χ1) is 6.50. The molecule has 0 aliphatic rings. The van der Waals surface area contributed by atoms with E-state index in [4.69, 9.17) is 5.73 Å². The molecule has 0 radical (unpaired) electrons. The summed E-state index contributed by atoms with van der Waals surface area (Å²) in [6.45, 7) is 8.48. The Balaban J connectivity index is 2.80. The molecule has 1 heterocycles. The summed E-state index contributed by atoms with van der Waals surface area (Å²) in [6, 6.07) is 2.27. The lowest BCUT2D eigenvalue weighted by Gasteiger charge is -2.15. The minimum Gasteiger partial charge on any atom is -0.324 e.